The van der Waals surface area contributed by atoms with Crippen LogP contribution in [0.25, 0.3) is 0 Å². The zero-order chi connectivity index (χ0) is 9.15. The van der Waals surface area contributed by atoms with Gasteiger partial charge in [0, 0.05) is 6.04 Å². The summed E-state index contributed by atoms with van der Waals surface area (Å²) in [5.41, 5.74) is -0.144. The van der Waals surface area contributed by atoms with E-state index in [4.69, 9.17) is 5.26 Å². The molecule has 13 heavy (non-hydrogen) atoms. The van der Waals surface area contributed by atoms with E-state index in [1.807, 2.05) is 0 Å². The molecule has 0 aromatic carbocycles. The van der Waals surface area contributed by atoms with Gasteiger partial charge in [0.1, 0.15) is 5.54 Å². The second-order valence-electron chi connectivity index (χ2n) is 4.53. The van der Waals surface area contributed by atoms with E-state index >= 15 is 0 Å². The molecule has 2 aliphatic rings. The molecule has 0 aromatic heterocycles. The third-order valence-corrected chi connectivity index (χ3v) is 3.51. The van der Waals surface area contributed by atoms with Crippen molar-refractivity contribution in [3.63, 3.8) is 0 Å². The quantitative estimate of drug-likeness (QED) is 0.704. The van der Waals surface area contributed by atoms with Crippen LogP contribution in [0.15, 0.2) is 0 Å². The van der Waals surface area contributed by atoms with E-state index < -0.39 is 0 Å². The molecule has 0 aromatic rings. The van der Waals surface area contributed by atoms with Crippen molar-refractivity contribution in [2.75, 3.05) is 0 Å². The van der Waals surface area contributed by atoms with E-state index in [1.165, 1.54) is 38.5 Å². The molecule has 0 aliphatic heterocycles. The van der Waals surface area contributed by atoms with Crippen molar-refractivity contribution >= 4 is 0 Å². The van der Waals surface area contributed by atoms with Gasteiger partial charge in [0.15, 0.2) is 0 Å². The third-order valence-electron chi connectivity index (χ3n) is 3.51. The molecule has 0 amide bonds. The summed E-state index contributed by atoms with van der Waals surface area (Å²) in [6.07, 6.45) is 9.85. The van der Waals surface area contributed by atoms with Crippen LogP contribution in [0.5, 0.6) is 0 Å². The van der Waals surface area contributed by atoms with Gasteiger partial charge in [0.25, 0.3) is 0 Å². The summed E-state index contributed by atoms with van der Waals surface area (Å²) in [6, 6.07) is 3.13. The van der Waals surface area contributed by atoms with E-state index in [1.54, 1.807) is 0 Å². The Hall–Kier alpha value is -0.550. The molecule has 1 N–H and O–H groups in total. The first-order chi connectivity index (χ1) is 6.35. The van der Waals surface area contributed by atoms with Crippen molar-refractivity contribution in [3.8, 4) is 6.07 Å². The standard InChI is InChI=1S/C11H18N2/c12-9-11(7-3-4-8-11)13-10-5-1-2-6-10/h10,13H,1-8H2. The van der Waals surface area contributed by atoms with Gasteiger partial charge in [0.2, 0.25) is 0 Å². The van der Waals surface area contributed by atoms with Gasteiger partial charge in [-0.15, -0.1) is 0 Å². The zero-order valence-electron chi connectivity index (χ0n) is 8.18. The molecular weight excluding hydrogens is 160 g/mol. The number of hydrogen-bond donors (Lipinski definition) is 1. The highest BCUT2D eigenvalue weighted by atomic mass is 15.0. The Morgan fingerprint density at radius 3 is 2.23 bits per heavy atom. The average molecular weight is 178 g/mol. The van der Waals surface area contributed by atoms with Crippen LogP contribution in [-0.2, 0) is 0 Å². The van der Waals surface area contributed by atoms with Gasteiger partial charge in [0.05, 0.1) is 6.07 Å². The molecule has 2 rings (SSSR count). The van der Waals surface area contributed by atoms with Crippen LogP contribution in [0.1, 0.15) is 51.4 Å². The average Bonchev–Trinajstić information content (AvgIpc) is 2.77. The first-order valence-corrected chi connectivity index (χ1v) is 5.54. The maximum absolute atomic E-state index is 9.16. The molecule has 0 heterocycles. The van der Waals surface area contributed by atoms with E-state index in [-0.39, 0.29) is 5.54 Å². The first-order valence-electron chi connectivity index (χ1n) is 5.54. The predicted molar refractivity (Wildman–Crippen MR) is 52.2 cm³/mol. The molecule has 0 spiro atoms. The fourth-order valence-electron chi connectivity index (χ4n) is 2.73. The lowest BCUT2D eigenvalue weighted by Crippen LogP contribution is -2.46. The molecular formula is C11H18N2. The maximum atomic E-state index is 9.16. The molecule has 72 valence electrons. The molecule has 0 radical (unpaired) electrons. The Bertz CT molecular complexity index is 205. The highest BCUT2D eigenvalue weighted by Crippen LogP contribution is 2.31. The maximum Gasteiger partial charge on any atom is 0.106 e. The van der Waals surface area contributed by atoms with Gasteiger partial charge < -0.3 is 0 Å². The van der Waals surface area contributed by atoms with Crippen LogP contribution in [0.2, 0.25) is 0 Å². The van der Waals surface area contributed by atoms with Crippen LogP contribution < -0.4 is 5.32 Å². The summed E-state index contributed by atoms with van der Waals surface area (Å²) in [5.74, 6) is 0. The Kier molecular flexibility index (Phi) is 2.55. The van der Waals surface area contributed by atoms with Crippen molar-refractivity contribution < 1.29 is 0 Å². The molecule has 2 saturated carbocycles. The van der Waals surface area contributed by atoms with Crippen LogP contribution in [0, 0.1) is 11.3 Å². The molecule has 2 fully saturated rings. The van der Waals surface area contributed by atoms with Crippen molar-refractivity contribution in [3.05, 3.63) is 0 Å². The Balaban J connectivity index is 1.93. The van der Waals surface area contributed by atoms with Crippen LogP contribution in [0.3, 0.4) is 0 Å². The number of rotatable bonds is 2. The van der Waals surface area contributed by atoms with E-state index in [9.17, 15) is 0 Å². The van der Waals surface area contributed by atoms with Crippen LogP contribution in [-0.4, -0.2) is 11.6 Å². The highest BCUT2D eigenvalue weighted by molar-refractivity contribution is 5.11. The van der Waals surface area contributed by atoms with E-state index in [0.717, 1.165) is 12.8 Å². The SMILES string of the molecule is N#CC1(NC2CCCC2)CCCC1. The molecule has 2 aliphatic carbocycles. The smallest absolute Gasteiger partial charge is 0.106 e. The summed E-state index contributed by atoms with van der Waals surface area (Å²) in [7, 11) is 0. The van der Waals surface area contributed by atoms with Gasteiger partial charge in [-0.2, -0.15) is 5.26 Å². The normalized spacial score (nSPS) is 27.6. The molecule has 2 nitrogen and oxygen atoms in total. The van der Waals surface area contributed by atoms with E-state index in [2.05, 4.69) is 11.4 Å². The fraction of sp³-hybridized carbons (Fsp3) is 0.909. The number of nitrogens with one attached hydrogen (secondary N) is 1. The van der Waals surface area contributed by atoms with Crippen LogP contribution >= 0.6 is 0 Å². The summed E-state index contributed by atoms with van der Waals surface area (Å²) >= 11 is 0. The Morgan fingerprint density at radius 1 is 1.08 bits per heavy atom. The monoisotopic (exact) mass is 178 g/mol. The lowest BCUT2D eigenvalue weighted by molar-refractivity contribution is 0.361. The topological polar surface area (TPSA) is 35.8 Å². The first kappa shape index (κ1) is 9.02. The number of hydrogen-bond acceptors (Lipinski definition) is 2. The second-order valence-corrected chi connectivity index (χ2v) is 4.53. The summed E-state index contributed by atoms with van der Waals surface area (Å²) in [6.45, 7) is 0. The van der Waals surface area contributed by atoms with Gasteiger partial charge in [-0.05, 0) is 25.7 Å². The molecule has 0 atom stereocenters. The number of nitrogens with zero attached hydrogens (tertiary/aromatic N) is 1. The second kappa shape index (κ2) is 3.67. The predicted octanol–water partition coefficient (Wildman–Crippen LogP) is 2.35. The fourth-order valence-corrected chi connectivity index (χ4v) is 2.73. The minimum atomic E-state index is -0.144. The van der Waals surface area contributed by atoms with Gasteiger partial charge in [-0.25, -0.2) is 0 Å². The summed E-state index contributed by atoms with van der Waals surface area (Å²) in [4.78, 5) is 0. The number of nitriles is 1. The van der Waals surface area contributed by atoms with Crippen molar-refractivity contribution in [1.29, 1.82) is 5.26 Å². The summed E-state index contributed by atoms with van der Waals surface area (Å²) in [5, 5.41) is 12.7. The highest BCUT2D eigenvalue weighted by Gasteiger charge is 2.36. The Morgan fingerprint density at radius 2 is 1.69 bits per heavy atom. The largest absolute Gasteiger partial charge is 0.297 e. The van der Waals surface area contributed by atoms with Gasteiger partial charge >= 0.3 is 0 Å². The van der Waals surface area contributed by atoms with Crippen molar-refractivity contribution in [2.24, 2.45) is 0 Å². The zero-order valence-corrected chi connectivity index (χ0v) is 8.18. The van der Waals surface area contributed by atoms with Crippen molar-refractivity contribution in [1.82, 2.24) is 5.32 Å². The molecule has 2 heteroatoms. The van der Waals surface area contributed by atoms with Crippen LogP contribution in [0.4, 0.5) is 0 Å². The molecule has 0 unspecified atom stereocenters. The minimum Gasteiger partial charge on any atom is -0.297 e. The lowest BCUT2D eigenvalue weighted by atomic mass is 9.98. The minimum absolute atomic E-state index is 0.144. The summed E-state index contributed by atoms with van der Waals surface area (Å²) < 4.78 is 0. The van der Waals surface area contributed by atoms with Gasteiger partial charge in [-0.1, -0.05) is 25.7 Å². The molecule has 0 saturated heterocycles. The molecule has 0 bridgehead atoms. The third kappa shape index (κ3) is 1.86. The van der Waals surface area contributed by atoms with Gasteiger partial charge in [-0.3, -0.25) is 5.32 Å². The van der Waals surface area contributed by atoms with E-state index in [0.29, 0.717) is 6.04 Å². The van der Waals surface area contributed by atoms with Crippen molar-refractivity contribution in [2.45, 2.75) is 62.9 Å². The Labute approximate surface area is 80.3 Å². The lowest BCUT2D eigenvalue weighted by Gasteiger charge is -2.26.